The molecule has 0 atom stereocenters. The number of carbonyl (C=O) groups is 1. The summed E-state index contributed by atoms with van der Waals surface area (Å²) < 4.78 is 3.69. The van der Waals surface area contributed by atoms with Crippen LogP contribution in [0.5, 0.6) is 0 Å². The molecule has 0 saturated carbocycles. The van der Waals surface area contributed by atoms with Crippen LogP contribution in [0.3, 0.4) is 0 Å². The molecule has 8 heteroatoms. The average Bonchev–Trinajstić information content (AvgIpc) is 3.27. The van der Waals surface area contributed by atoms with Crippen LogP contribution in [0.4, 0.5) is 5.69 Å². The minimum atomic E-state index is -0.154. The van der Waals surface area contributed by atoms with E-state index in [0.29, 0.717) is 23.6 Å². The summed E-state index contributed by atoms with van der Waals surface area (Å²) in [5, 5.41) is 14.5. The van der Waals surface area contributed by atoms with Crippen molar-refractivity contribution in [3.8, 4) is 11.4 Å². The van der Waals surface area contributed by atoms with E-state index in [2.05, 4.69) is 30.4 Å². The van der Waals surface area contributed by atoms with E-state index < -0.39 is 0 Å². The zero-order valence-corrected chi connectivity index (χ0v) is 16.5. The fourth-order valence-corrected chi connectivity index (χ4v) is 3.34. The number of nitrogens with one attached hydrogen (secondary N) is 1. The van der Waals surface area contributed by atoms with E-state index in [1.165, 1.54) is 0 Å². The lowest BCUT2D eigenvalue weighted by Gasteiger charge is -2.10. The lowest BCUT2D eigenvalue weighted by Crippen LogP contribution is -2.14. The first-order valence-electron chi connectivity index (χ1n) is 9.23. The van der Waals surface area contributed by atoms with E-state index in [1.807, 2.05) is 62.4 Å². The van der Waals surface area contributed by atoms with Gasteiger partial charge < -0.3 is 9.88 Å². The normalized spacial score (nSPS) is 10.9. The van der Waals surface area contributed by atoms with Crippen LogP contribution < -0.4 is 5.32 Å². The number of aromatic nitrogens is 6. The Labute approximate surface area is 168 Å². The molecule has 0 fully saturated rings. The first-order chi connectivity index (χ1) is 14.0. The number of benzene rings is 1. The van der Waals surface area contributed by atoms with E-state index >= 15 is 0 Å². The van der Waals surface area contributed by atoms with Crippen LogP contribution in [0.25, 0.3) is 11.4 Å². The molecular formula is C21H21N7O. The summed E-state index contributed by atoms with van der Waals surface area (Å²) >= 11 is 0. The molecule has 0 radical (unpaired) electrons. The highest BCUT2D eigenvalue weighted by atomic mass is 16.1. The smallest absolute Gasteiger partial charge is 0.257 e. The van der Waals surface area contributed by atoms with Gasteiger partial charge in [0, 0.05) is 35.9 Å². The molecule has 3 heterocycles. The van der Waals surface area contributed by atoms with Crippen LogP contribution in [0.15, 0.2) is 54.7 Å². The minimum absolute atomic E-state index is 0.154. The number of rotatable bonds is 5. The van der Waals surface area contributed by atoms with Crippen molar-refractivity contribution in [1.29, 1.82) is 0 Å². The lowest BCUT2D eigenvalue weighted by atomic mass is 10.1. The molecule has 29 heavy (non-hydrogen) atoms. The van der Waals surface area contributed by atoms with Gasteiger partial charge in [-0.05, 0) is 54.6 Å². The van der Waals surface area contributed by atoms with Crippen LogP contribution in [0.1, 0.15) is 27.4 Å². The fourth-order valence-electron chi connectivity index (χ4n) is 3.34. The van der Waals surface area contributed by atoms with Crippen LogP contribution in [-0.2, 0) is 13.6 Å². The molecular weight excluding hydrogens is 366 g/mol. The molecule has 146 valence electrons. The Kier molecular flexibility index (Phi) is 4.90. The standard InChI is InChI=1S/C21H21N7O/c1-14-11-19(15(2)28(14)13-18-8-4-5-10-22-18)21(29)23-17-9-6-7-16(12-17)20-24-25-26-27(20)3/h4-12H,13H2,1-3H3,(H,23,29). The number of nitrogens with zero attached hydrogens (tertiary/aromatic N) is 6. The van der Waals surface area contributed by atoms with Gasteiger partial charge in [0.1, 0.15) is 0 Å². The Balaban J connectivity index is 1.57. The van der Waals surface area contributed by atoms with Gasteiger partial charge in [-0.1, -0.05) is 18.2 Å². The topological polar surface area (TPSA) is 90.5 Å². The third kappa shape index (κ3) is 3.77. The maximum Gasteiger partial charge on any atom is 0.257 e. The number of pyridine rings is 1. The predicted molar refractivity (Wildman–Crippen MR) is 109 cm³/mol. The summed E-state index contributed by atoms with van der Waals surface area (Å²) in [6, 6.07) is 15.2. The van der Waals surface area contributed by atoms with Gasteiger partial charge >= 0.3 is 0 Å². The van der Waals surface area contributed by atoms with Gasteiger partial charge in [-0.2, -0.15) is 0 Å². The van der Waals surface area contributed by atoms with Gasteiger partial charge in [-0.15, -0.1) is 5.10 Å². The molecule has 0 bridgehead atoms. The summed E-state index contributed by atoms with van der Waals surface area (Å²) in [7, 11) is 1.77. The molecule has 0 spiro atoms. The lowest BCUT2D eigenvalue weighted by molar-refractivity contribution is 0.102. The van der Waals surface area contributed by atoms with Gasteiger partial charge in [0.05, 0.1) is 17.8 Å². The quantitative estimate of drug-likeness (QED) is 0.568. The summed E-state index contributed by atoms with van der Waals surface area (Å²) in [6.07, 6.45) is 1.77. The van der Waals surface area contributed by atoms with Gasteiger partial charge in [-0.3, -0.25) is 9.78 Å². The zero-order valence-electron chi connectivity index (χ0n) is 16.5. The minimum Gasteiger partial charge on any atom is -0.342 e. The van der Waals surface area contributed by atoms with Gasteiger partial charge in [-0.25, -0.2) is 4.68 Å². The molecule has 0 aliphatic carbocycles. The van der Waals surface area contributed by atoms with E-state index in [0.717, 1.165) is 22.6 Å². The number of hydrogen-bond donors (Lipinski definition) is 1. The van der Waals surface area contributed by atoms with Gasteiger partial charge in [0.25, 0.3) is 5.91 Å². The molecule has 0 unspecified atom stereocenters. The monoisotopic (exact) mass is 387 g/mol. The van der Waals surface area contributed by atoms with Crippen molar-refractivity contribution in [2.24, 2.45) is 7.05 Å². The maximum atomic E-state index is 12.9. The Morgan fingerprint density at radius 3 is 2.69 bits per heavy atom. The van der Waals surface area contributed by atoms with E-state index in [-0.39, 0.29) is 5.91 Å². The SMILES string of the molecule is Cc1cc(C(=O)Nc2cccc(-c3nnnn3C)c2)c(C)n1Cc1ccccn1. The number of aryl methyl sites for hydroxylation is 2. The Morgan fingerprint density at radius 2 is 1.97 bits per heavy atom. The average molecular weight is 387 g/mol. The second kappa shape index (κ2) is 7.67. The van der Waals surface area contributed by atoms with Crippen molar-refractivity contribution in [2.45, 2.75) is 20.4 Å². The molecule has 1 amide bonds. The highest BCUT2D eigenvalue weighted by Crippen LogP contribution is 2.22. The summed E-state index contributed by atoms with van der Waals surface area (Å²) in [5.74, 6) is 0.480. The third-order valence-electron chi connectivity index (χ3n) is 4.86. The van der Waals surface area contributed by atoms with Crippen molar-refractivity contribution >= 4 is 11.6 Å². The van der Waals surface area contributed by atoms with Crippen LogP contribution in [0, 0.1) is 13.8 Å². The summed E-state index contributed by atoms with van der Waals surface area (Å²) in [5.41, 5.74) is 5.02. The Bertz CT molecular complexity index is 1160. The van der Waals surface area contributed by atoms with E-state index in [4.69, 9.17) is 0 Å². The van der Waals surface area contributed by atoms with E-state index in [9.17, 15) is 4.79 Å². The number of anilines is 1. The number of tetrazole rings is 1. The number of hydrogen-bond acceptors (Lipinski definition) is 5. The first-order valence-corrected chi connectivity index (χ1v) is 9.23. The molecule has 0 saturated heterocycles. The summed E-state index contributed by atoms with van der Waals surface area (Å²) in [6.45, 7) is 4.57. The van der Waals surface area contributed by atoms with Gasteiger partial charge in [0.2, 0.25) is 0 Å². The van der Waals surface area contributed by atoms with Crippen molar-refractivity contribution in [3.63, 3.8) is 0 Å². The molecule has 4 rings (SSSR count). The molecule has 4 aromatic rings. The fraction of sp³-hybridized carbons (Fsp3) is 0.190. The van der Waals surface area contributed by atoms with Crippen molar-refractivity contribution < 1.29 is 4.79 Å². The Morgan fingerprint density at radius 1 is 1.10 bits per heavy atom. The zero-order chi connectivity index (χ0) is 20.4. The van der Waals surface area contributed by atoms with Crippen molar-refractivity contribution in [2.75, 3.05) is 5.32 Å². The van der Waals surface area contributed by atoms with Crippen molar-refractivity contribution in [1.82, 2.24) is 29.8 Å². The molecule has 0 aliphatic heterocycles. The maximum absolute atomic E-state index is 12.9. The molecule has 0 aliphatic rings. The molecule has 1 N–H and O–H groups in total. The summed E-state index contributed by atoms with van der Waals surface area (Å²) in [4.78, 5) is 17.3. The van der Waals surface area contributed by atoms with Crippen LogP contribution >= 0.6 is 0 Å². The van der Waals surface area contributed by atoms with Crippen LogP contribution in [-0.4, -0.2) is 35.7 Å². The highest BCUT2D eigenvalue weighted by Gasteiger charge is 2.17. The molecule has 1 aromatic carbocycles. The first kappa shape index (κ1) is 18.5. The second-order valence-electron chi connectivity index (χ2n) is 6.85. The largest absolute Gasteiger partial charge is 0.342 e. The third-order valence-corrected chi connectivity index (χ3v) is 4.86. The molecule has 3 aromatic heterocycles. The number of carbonyl (C=O) groups excluding carboxylic acids is 1. The van der Waals surface area contributed by atoms with Gasteiger partial charge in [0.15, 0.2) is 5.82 Å². The second-order valence-corrected chi connectivity index (χ2v) is 6.85. The van der Waals surface area contributed by atoms with E-state index in [1.54, 1.807) is 17.9 Å². The molecule has 8 nitrogen and oxygen atoms in total. The van der Waals surface area contributed by atoms with Crippen LogP contribution in [0.2, 0.25) is 0 Å². The van der Waals surface area contributed by atoms with Crippen molar-refractivity contribution in [3.05, 3.63) is 77.4 Å². The highest BCUT2D eigenvalue weighted by molar-refractivity contribution is 6.05. The number of amides is 1. The Hall–Kier alpha value is -3.81. The predicted octanol–water partition coefficient (Wildman–Crippen LogP) is 2.99.